The van der Waals surface area contributed by atoms with Crippen molar-refractivity contribution in [2.75, 3.05) is 0 Å². The van der Waals surface area contributed by atoms with Gasteiger partial charge >= 0.3 is 6.09 Å². The molecule has 3 rings (SSSR count). The number of carbonyl (C=O) groups excluding carboxylic acids is 1. The number of benzene rings is 2. The lowest BCUT2D eigenvalue weighted by atomic mass is 10.0. The molecule has 0 saturated carbocycles. The molecule has 7 heteroatoms. The van der Waals surface area contributed by atoms with Crippen LogP contribution in [0.4, 0.5) is 13.6 Å². The predicted octanol–water partition coefficient (Wildman–Crippen LogP) is 6.80. The molecule has 33 heavy (non-hydrogen) atoms. The van der Waals surface area contributed by atoms with E-state index in [4.69, 9.17) is 9.47 Å². The third-order valence-corrected chi connectivity index (χ3v) is 4.48. The van der Waals surface area contributed by atoms with E-state index in [0.717, 1.165) is 28.3 Å². The molecule has 0 unspecified atom stereocenters. The number of aromatic nitrogens is 1. The molecular weight excluding hydrogens is 426 g/mol. The number of amides is 1. The minimum absolute atomic E-state index is 0.0931. The fraction of sp³-hybridized carbons (Fsp3) is 0.231. The van der Waals surface area contributed by atoms with E-state index in [1.54, 1.807) is 32.9 Å². The molecule has 0 bridgehead atoms. The largest absolute Gasteiger partial charge is 0.444 e. The quantitative estimate of drug-likeness (QED) is 0.447. The Hall–Kier alpha value is -3.74. The zero-order chi connectivity index (χ0) is 24.2. The molecule has 172 valence electrons. The van der Waals surface area contributed by atoms with Crippen molar-refractivity contribution in [2.24, 2.45) is 0 Å². The highest BCUT2D eigenvalue weighted by Gasteiger charge is 2.16. The molecule has 1 N–H and O–H groups in total. The van der Waals surface area contributed by atoms with E-state index in [9.17, 15) is 13.6 Å². The summed E-state index contributed by atoms with van der Waals surface area (Å²) >= 11 is 0. The van der Waals surface area contributed by atoms with Gasteiger partial charge < -0.3 is 14.8 Å². The van der Waals surface area contributed by atoms with Crippen LogP contribution in [-0.2, 0) is 11.3 Å². The maximum absolute atomic E-state index is 14.2. The lowest BCUT2D eigenvalue weighted by Gasteiger charge is -2.19. The lowest BCUT2D eigenvalue weighted by Crippen LogP contribution is -2.32. The molecule has 1 heterocycles. The van der Waals surface area contributed by atoms with Crippen LogP contribution in [0, 0.1) is 18.6 Å². The van der Waals surface area contributed by atoms with Gasteiger partial charge in [-0.15, -0.1) is 0 Å². The highest BCUT2D eigenvalue weighted by atomic mass is 19.1. The minimum atomic E-state index is -0.906. The van der Waals surface area contributed by atoms with E-state index in [2.05, 4.69) is 16.9 Å². The molecule has 0 fully saturated rings. The minimum Gasteiger partial charge on any atom is -0.444 e. The van der Waals surface area contributed by atoms with Crippen molar-refractivity contribution in [3.05, 3.63) is 83.6 Å². The molecular formula is C26H26F2N2O3. The maximum Gasteiger partial charge on any atom is 0.407 e. The summed E-state index contributed by atoms with van der Waals surface area (Å²) in [6.45, 7) is 11.1. The van der Waals surface area contributed by atoms with Crippen LogP contribution in [-0.4, -0.2) is 16.7 Å². The molecule has 0 aliphatic carbocycles. The van der Waals surface area contributed by atoms with Crippen molar-refractivity contribution in [1.82, 2.24) is 10.3 Å². The highest BCUT2D eigenvalue weighted by Crippen LogP contribution is 2.30. The Morgan fingerprint density at radius 1 is 1.09 bits per heavy atom. The Kier molecular flexibility index (Phi) is 7.11. The van der Waals surface area contributed by atoms with E-state index in [1.165, 1.54) is 6.08 Å². The smallest absolute Gasteiger partial charge is 0.407 e. The molecule has 0 aliphatic heterocycles. The molecule has 0 radical (unpaired) electrons. The van der Waals surface area contributed by atoms with Crippen molar-refractivity contribution in [3.63, 3.8) is 0 Å². The average molecular weight is 453 g/mol. The van der Waals surface area contributed by atoms with Crippen molar-refractivity contribution >= 4 is 12.2 Å². The summed E-state index contributed by atoms with van der Waals surface area (Å²) in [6, 6.07) is 13.8. The number of carbonyl (C=O) groups is 1. The fourth-order valence-corrected chi connectivity index (χ4v) is 3.11. The van der Waals surface area contributed by atoms with Crippen LogP contribution in [0.15, 0.2) is 55.1 Å². The summed E-state index contributed by atoms with van der Waals surface area (Å²) in [5, 5.41) is 2.74. The normalized spacial score (nSPS) is 11.1. The SMILES string of the molecule is C=Cc1nc(Oc2cc(C)cc(-c3cccc(CNC(=O)OC(C)(C)C)c3)c2)c(F)cc1F. The molecule has 3 aromatic rings. The van der Waals surface area contributed by atoms with Gasteiger partial charge in [0.05, 0.1) is 0 Å². The van der Waals surface area contributed by atoms with Crippen molar-refractivity contribution in [3.8, 4) is 22.8 Å². The molecule has 0 spiro atoms. The van der Waals surface area contributed by atoms with Crippen LogP contribution >= 0.6 is 0 Å². The number of hydrogen-bond acceptors (Lipinski definition) is 4. The van der Waals surface area contributed by atoms with Crippen LogP contribution in [0.2, 0.25) is 0 Å². The van der Waals surface area contributed by atoms with E-state index in [0.29, 0.717) is 12.3 Å². The first-order chi connectivity index (χ1) is 15.5. The first-order valence-electron chi connectivity index (χ1n) is 10.4. The van der Waals surface area contributed by atoms with Crippen LogP contribution < -0.4 is 10.1 Å². The Morgan fingerprint density at radius 3 is 2.55 bits per heavy atom. The Labute approximate surface area is 192 Å². The number of alkyl carbamates (subject to hydrolysis) is 1. The summed E-state index contributed by atoms with van der Waals surface area (Å²) in [7, 11) is 0. The van der Waals surface area contributed by atoms with Gasteiger partial charge in [-0.1, -0.05) is 30.8 Å². The Bertz CT molecular complexity index is 1190. The molecule has 0 saturated heterocycles. The zero-order valence-electron chi connectivity index (χ0n) is 19.0. The number of hydrogen-bond donors (Lipinski definition) is 1. The van der Waals surface area contributed by atoms with Gasteiger partial charge in [0, 0.05) is 12.6 Å². The Balaban J connectivity index is 1.82. The maximum atomic E-state index is 14.2. The molecule has 1 aromatic heterocycles. The molecule has 0 aliphatic rings. The van der Waals surface area contributed by atoms with Gasteiger partial charge in [0.15, 0.2) is 11.6 Å². The summed E-state index contributed by atoms with van der Waals surface area (Å²) in [5.74, 6) is -1.69. The van der Waals surface area contributed by atoms with Crippen molar-refractivity contribution in [2.45, 2.75) is 39.8 Å². The van der Waals surface area contributed by atoms with Gasteiger partial charge in [0.1, 0.15) is 17.0 Å². The third-order valence-electron chi connectivity index (χ3n) is 4.48. The second kappa shape index (κ2) is 9.81. The van der Waals surface area contributed by atoms with Gasteiger partial charge in [0.2, 0.25) is 0 Å². The van der Waals surface area contributed by atoms with Gasteiger partial charge in [-0.25, -0.2) is 18.6 Å². The highest BCUT2D eigenvalue weighted by molar-refractivity contribution is 5.69. The molecule has 0 atom stereocenters. The van der Waals surface area contributed by atoms with Crippen molar-refractivity contribution < 1.29 is 23.0 Å². The number of halogens is 2. The topological polar surface area (TPSA) is 60.5 Å². The monoisotopic (exact) mass is 452 g/mol. The predicted molar refractivity (Wildman–Crippen MR) is 124 cm³/mol. The third kappa shape index (κ3) is 6.62. The summed E-state index contributed by atoms with van der Waals surface area (Å²) < 4.78 is 38.8. The first-order valence-corrected chi connectivity index (χ1v) is 10.4. The number of pyridine rings is 1. The van der Waals surface area contributed by atoms with Gasteiger partial charge in [-0.2, -0.15) is 0 Å². The molecule has 2 aromatic carbocycles. The second-order valence-corrected chi connectivity index (χ2v) is 8.54. The zero-order valence-corrected chi connectivity index (χ0v) is 19.0. The van der Waals surface area contributed by atoms with E-state index in [-0.39, 0.29) is 11.6 Å². The standard InChI is InChI=1S/C26H26F2N2O3/c1-6-23-21(27)14-22(28)24(30-23)32-20-11-16(2)10-19(13-20)18-9-7-8-17(12-18)15-29-25(31)33-26(3,4)5/h6-14H,1,15H2,2-5H3,(H,29,31). The summed E-state index contributed by atoms with van der Waals surface area (Å²) in [6.07, 6.45) is 0.701. The number of rotatable bonds is 6. The van der Waals surface area contributed by atoms with Crippen LogP contribution in [0.3, 0.4) is 0 Å². The van der Waals surface area contributed by atoms with E-state index in [1.807, 2.05) is 37.3 Å². The first kappa shape index (κ1) is 23.9. The number of aryl methyl sites for hydroxylation is 1. The molecule has 1 amide bonds. The summed E-state index contributed by atoms with van der Waals surface area (Å²) in [5.41, 5.74) is 2.80. The molecule has 5 nitrogen and oxygen atoms in total. The van der Waals surface area contributed by atoms with Crippen LogP contribution in [0.1, 0.15) is 37.6 Å². The number of nitrogens with zero attached hydrogens (tertiary/aromatic N) is 1. The van der Waals surface area contributed by atoms with Crippen LogP contribution in [0.5, 0.6) is 11.6 Å². The Morgan fingerprint density at radius 2 is 1.85 bits per heavy atom. The van der Waals surface area contributed by atoms with Gasteiger partial charge in [-0.05, 0) is 74.2 Å². The van der Waals surface area contributed by atoms with Crippen molar-refractivity contribution in [1.29, 1.82) is 0 Å². The number of nitrogens with one attached hydrogen (secondary N) is 1. The average Bonchev–Trinajstić information content (AvgIpc) is 2.73. The fourth-order valence-electron chi connectivity index (χ4n) is 3.11. The van der Waals surface area contributed by atoms with E-state index < -0.39 is 23.3 Å². The van der Waals surface area contributed by atoms with E-state index >= 15 is 0 Å². The lowest BCUT2D eigenvalue weighted by molar-refractivity contribution is 0.0523. The second-order valence-electron chi connectivity index (χ2n) is 8.54. The summed E-state index contributed by atoms with van der Waals surface area (Å²) in [4.78, 5) is 15.8. The van der Waals surface area contributed by atoms with Gasteiger partial charge in [0.25, 0.3) is 5.88 Å². The van der Waals surface area contributed by atoms with Gasteiger partial charge in [-0.3, -0.25) is 0 Å². The van der Waals surface area contributed by atoms with Crippen LogP contribution in [0.25, 0.3) is 17.2 Å². The number of ether oxygens (including phenoxy) is 2.